The van der Waals surface area contributed by atoms with Gasteiger partial charge in [-0.3, -0.25) is 4.98 Å². The Hall–Kier alpha value is -1.15. The number of hydrazine groups is 1. The smallest absolute Gasteiger partial charge is 0.158 e. The summed E-state index contributed by atoms with van der Waals surface area (Å²) in [4.78, 5) is 4.47. The Balaban J connectivity index is 2.14. The Labute approximate surface area is 139 Å². The summed E-state index contributed by atoms with van der Waals surface area (Å²) in [6.45, 7) is 2.95. The molecular weight excluding hydrogens is 348 g/mol. The number of aromatic nitrogens is 1. The SMILES string of the molecule is Cc1nc(/C(N)=C(\COC2CCCCO2)N(C)N)ccc1Br. The molecule has 0 saturated carbocycles. The van der Waals surface area contributed by atoms with Crippen LogP contribution in [0, 0.1) is 6.92 Å². The number of pyridine rings is 1. The number of aryl methyl sites for hydroxylation is 1. The Morgan fingerprint density at radius 3 is 2.86 bits per heavy atom. The first kappa shape index (κ1) is 17.2. The van der Waals surface area contributed by atoms with Gasteiger partial charge in [-0.05, 0) is 54.2 Å². The molecule has 1 aliphatic heterocycles. The van der Waals surface area contributed by atoms with E-state index in [1.807, 2.05) is 19.1 Å². The normalized spacial score (nSPS) is 19.7. The van der Waals surface area contributed by atoms with Gasteiger partial charge in [0.15, 0.2) is 6.29 Å². The van der Waals surface area contributed by atoms with Crippen LogP contribution in [0.25, 0.3) is 5.70 Å². The minimum atomic E-state index is -0.184. The monoisotopic (exact) mass is 370 g/mol. The van der Waals surface area contributed by atoms with E-state index in [0.717, 1.165) is 36.0 Å². The van der Waals surface area contributed by atoms with Gasteiger partial charge in [-0.15, -0.1) is 0 Å². The fraction of sp³-hybridized carbons (Fsp3) is 0.533. The second-order valence-electron chi connectivity index (χ2n) is 5.34. The van der Waals surface area contributed by atoms with E-state index in [2.05, 4.69) is 20.9 Å². The molecule has 0 bridgehead atoms. The van der Waals surface area contributed by atoms with Crippen LogP contribution in [0.3, 0.4) is 0 Å². The first-order valence-electron chi connectivity index (χ1n) is 7.33. The summed E-state index contributed by atoms with van der Waals surface area (Å²) in [5.41, 5.74) is 8.98. The summed E-state index contributed by atoms with van der Waals surface area (Å²) in [6, 6.07) is 3.77. The van der Waals surface area contributed by atoms with Crippen LogP contribution >= 0.6 is 15.9 Å². The van der Waals surface area contributed by atoms with Crippen LogP contribution in [0.1, 0.15) is 30.7 Å². The van der Waals surface area contributed by atoms with Gasteiger partial charge in [-0.25, -0.2) is 5.84 Å². The summed E-state index contributed by atoms with van der Waals surface area (Å²) in [6.07, 6.45) is 2.92. The Bertz CT molecular complexity index is 542. The number of hydrogen-bond acceptors (Lipinski definition) is 6. The third kappa shape index (κ3) is 4.42. The van der Waals surface area contributed by atoms with Crippen molar-refractivity contribution < 1.29 is 9.47 Å². The molecule has 0 aliphatic carbocycles. The van der Waals surface area contributed by atoms with Crippen molar-refractivity contribution in [3.8, 4) is 0 Å². The molecular formula is C15H23BrN4O2. The average molecular weight is 371 g/mol. The molecule has 0 radical (unpaired) electrons. The maximum atomic E-state index is 6.23. The average Bonchev–Trinajstić information content (AvgIpc) is 2.50. The van der Waals surface area contributed by atoms with E-state index in [0.29, 0.717) is 23.7 Å². The molecule has 1 unspecified atom stereocenters. The van der Waals surface area contributed by atoms with Crippen LogP contribution < -0.4 is 11.6 Å². The van der Waals surface area contributed by atoms with Crippen molar-refractivity contribution in [3.05, 3.63) is 33.7 Å². The molecule has 0 spiro atoms. The van der Waals surface area contributed by atoms with Gasteiger partial charge in [-0.1, -0.05) is 0 Å². The molecule has 0 aromatic carbocycles. The van der Waals surface area contributed by atoms with Gasteiger partial charge in [0, 0.05) is 18.1 Å². The lowest BCUT2D eigenvalue weighted by Crippen LogP contribution is -2.33. The lowest BCUT2D eigenvalue weighted by atomic mass is 10.2. The standard InChI is InChI=1S/C15H23BrN4O2/c1-10-11(16)6-7-12(19-10)15(17)13(20(2)18)9-22-14-5-3-4-8-21-14/h6-7,14H,3-5,8-9,17-18H2,1-2H3/b15-13-. The minimum absolute atomic E-state index is 0.184. The first-order valence-corrected chi connectivity index (χ1v) is 8.12. The van der Waals surface area contributed by atoms with Gasteiger partial charge in [-0.2, -0.15) is 0 Å². The summed E-state index contributed by atoms with van der Waals surface area (Å²) < 4.78 is 12.3. The van der Waals surface area contributed by atoms with E-state index in [1.54, 1.807) is 7.05 Å². The fourth-order valence-electron chi connectivity index (χ4n) is 2.23. The van der Waals surface area contributed by atoms with Crippen LogP contribution in [0.4, 0.5) is 0 Å². The van der Waals surface area contributed by atoms with Crippen molar-refractivity contribution in [2.24, 2.45) is 11.6 Å². The minimum Gasteiger partial charge on any atom is -0.395 e. The van der Waals surface area contributed by atoms with Crippen molar-refractivity contribution >= 4 is 21.6 Å². The van der Waals surface area contributed by atoms with Crippen molar-refractivity contribution in [2.75, 3.05) is 20.3 Å². The summed E-state index contributed by atoms with van der Waals surface area (Å²) in [5, 5.41) is 1.47. The molecule has 0 amide bonds. The lowest BCUT2D eigenvalue weighted by molar-refractivity contribution is -0.158. The lowest BCUT2D eigenvalue weighted by Gasteiger charge is -2.25. The zero-order chi connectivity index (χ0) is 16.1. The zero-order valence-electron chi connectivity index (χ0n) is 13.0. The maximum absolute atomic E-state index is 6.23. The van der Waals surface area contributed by atoms with Crippen molar-refractivity contribution in [1.82, 2.24) is 9.99 Å². The molecule has 1 aromatic heterocycles. The van der Waals surface area contributed by atoms with Crippen molar-refractivity contribution in [3.63, 3.8) is 0 Å². The predicted octanol–water partition coefficient (Wildman–Crippen LogP) is 2.13. The van der Waals surface area contributed by atoms with Crippen LogP contribution in [-0.4, -0.2) is 36.5 Å². The van der Waals surface area contributed by atoms with Crippen LogP contribution in [0.2, 0.25) is 0 Å². The van der Waals surface area contributed by atoms with Gasteiger partial charge in [0.1, 0.15) is 0 Å². The molecule has 2 rings (SSSR count). The highest BCUT2D eigenvalue weighted by Gasteiger charge is 2.17. The van der Waals surface area contributed by atoms with Crippen LogP contribution in [-0.2, 0) is 9.47 Å². The second-order valence-corrected chi connectivity index (χ2v) is 6.20. The molecule has 1 aromatic rings. The Morgan fingerprint density at radius 2 is 2.27 bits per heavy atom. The first-order chi connectivity index (χ1) is 10.5. The molecule has 1 fully saturated rings. The van der Waals surface area contributed by atoms with E-state index in [-0.39, 0.29) is 6.29 Å². The second kappa shape index (κ2) is 7.92. The van der Waals surface area contributed by atoms with E-state index in [1.165, 1.54) is 5.01 Å². The molecule has 1 saturated heterocycles. The van der Waals surface area contributed by atoms with E-state index >= 15 is 0 Å². The predicted molar refractivity (Wildman–Crippen MR) is 89.3 cm³/mol. The van der Waals surface area contributed by atoms with E-state index in [4.69, 9.17) is 21.1 Å². The van der Waals surface area contributed by atoms with Gasteiger partial charge in [0.05, 0.1) is 29.4 Å². The highest BCUT2D eigenvalue weighted by molar-refractivity contribution is 9.10. The number of likely N-dealkylation sites (N-methyl/N-ethyl adjacent to an activating group) is 1. The topological polar surface area (TPSA) is 86.6 Å². The third-order valence-corrected chi connectivity index (χ3v) is 4.42. The molecule has 4 N–H and O–H groups in total. The van der Waals surface area contributed by atoms with Gasteiger partial charge >= 0.3 is 0 Å². The fourth-order valence-corrected chi connectivity index (χ4v) is 2.45. The largest absolute Gasteiger partial charge is 0.395 e. The van der Waals surface area contributed by atoms with Crippen molar-refractivity contribution in [2.45, 2.75) is 32.5 Å². The molecule has 7 heteroatoms. The van der Waals surface area contributed by atoms with Gasteiger partial charge in [0.25, 0.3) is 0 Å². The Kier molecular flexibility index (Phi) is 6.19. The highest BCUT2D eigenvalue weighted by Crippen LogP contribution is 2.20. The number of ether oxygens (including phenoxy) is 2. The van der Waals surface area contributed by atoms with E-state index < -0.39 is 0 Å². The van der Waals surface area contributed by atoms with Crippen LogP contribution in [0.15, 0.2) is 22.3 Å². The third-order valence-electron chi connectivity index (χ3n) is 3.58. The van der Waals surface area contributed by atoms with Gasteiger partial charge < -0.3 is 20.2 Å². The molecule has 2 heterocycles. The summed E-state index contributed by atoms with van der Waals surface area (Å²) in [7, 11) is 1.74. The number of hydrogen-bond donors (Lipinski definition) is 2. The Morgan fingerprint density at radius 1 is 1.50 bits per heavy atom. The molecule has 1 atom stereocenters. The molecule has 22 heavy (non-hydrogen) atoms. The van der Waals surface area contributed by atoms with Gasteiger partial charge in [0.2, 0.25) is 0 Å². The number of nitrogens with zero attached hydrogens (tertiary/aromatic N) is 2. The zero-order valence-corrected chi connectivity index (χ0v) is 14.6. The molecule has 1 aliphatic rings. The number of halogens is 1. The molecule has 6 nitrogen and oxygen atoms in total. The highest BCUT2D eigenvalue weighted by atomic mass is 79.9. The van der Waals surface area contributed by atoms with E-state index in [9.17, 15) is 0 Å². The van der Waals surface area contributed by atoms with Crippen molar-refractivity contribution in [1.29, 1.82) is 0 Å². The maximum Gasteiger partial charge on any atom is 0.158 e. The van der Waals surface area contributed by atoms with Crippen LogP contribution in [0.5, 0.6) is 0 Å². The number of nitrogens with two attached hydrogens (primary N) is 2. The summed E-state index contributed by atoms with van der Waals surface area (Å²) in [5.74, 6) is 5.90. The quantitative estimate of drug-likeness (QED) is 0.609. The number of rotatable bonds is 5. The molecule has 122 valence electrons. The summed E-state index contributed by atoms with van der Waals surface area (Å²) >= 11 is 3.43.